The first-order valence-corrected chi connectivity index (χ1v) is 3.08. The van der Waals surface area contributed by atoms with Crippen molar-refractivity contribution < 1.29 is 0 Å². The van der Waals surface area contributed by atoms with Crippen molar-refractivity contribution in [3.63, 3.8) is 0 Å². The molecule has 0 spiro atoms. The van der Waals surface area contributed by atoms with Gasteiger partial charge in [-0.1, -0.05) is 25.9 Å². The number of rotatable bonds is 1. The number of hydrogen-bond donors (Lipinski definition) is 0. The van der Waals surface area contributed by atoms with Gasteiger partial charge in [-0.25, -0.2) is 0 Å². The summed E-state index contributed by atoms with van der Waals surface area (Å²) in [6.45, 7) is 6.22. The van der Waals surface area contributed by atoms with E-state index in [2.05, 4.69) is 23.9 Å². The van der Waals surface area contributed by atoms with Gasteiger partial charge in [-0.15, -0.1) is 0 Å². The fourth-order valence-corrected chi connectivity index (χ4v) is 1.09. The van der Waals surface area contributed by atoms with Crippen molar-refractivity contribution in [2.45, 2.75) is 32.7 Å². The second kappa shape index (κ2) is 1.42. The van der Waals surface area contributed by atoms with Gasteiger partial charge in [0.2, 0.25) is 0 Å². The predicted molar refractivity (Wildman–Crippen MR) is 35.9 cm³/mol. The Hall–Kier alpha value is -0.690. The van der Waals surface area contributed by atoms with Crippen molar-refractivity contribution in [2.75, 3.05) is 0 Å². The molecule has 9 heavy (non-hydrogen) atoms. The molecular weight excluding hydrogens is 114 g/mol. The lowest BCUT2D eigenvalue weighted by molar-refractivity contribution is 0.523. The van der Waals surface area contributed by atoms with Crippen molar-refractivity contribution in [1.29, 1.82) is 0 Å². The van der Waals surface area contributed by atoms with Crippen molar-refractivity contribution in [3.05, 3.63) is 10.4 Å². The molecule has 1 rings (SSSR count). The minimum absolute atomic E-state index is 0.0955. The zero-order chi connectivity index (χ0) is 7.12. The first-order chi connectivity index (χ1) is 4.02. The average molecular weight is 125 g/mol. The van der Waals surface area contributed by atoms with Gasteiger partial charge in [0.05, 0.1) is 5.54 Å². The summed E-state index contributed by atoms with van der Waals surface area (Å²) >= 11 is 0. The Morgan fingerprint density at radius 1 is 1.44 bits per heavy atom. The van der Waals surface area contributed by atoms with E-state index in [1.54, 1.807) is 0 Å². The van der Waals surface area contributed by atoms with Gasteiger partial charge < -0.3 is 0 Å². The van der Waals surface area contributed by atoms with Crippen LogP contribution in [0, 0.1) is 5.41 Å². The molecule has 0 saturated heterocycles. The smallest absolute Gasteiger partial charge is 0.0516 e. The molecule has 1 atom stereocenters. The summed E-state index contributed by atoms with van der Waals surface area (Å²) in [4.78, 5) is 2.79. The van der Waals surface area contributed by atoms with Crippen LogP contribution in [0.4, 0.5) is 0 Å². The van der Waals surface area contributed by atoms with Gasteiger partial charge in [-0.3, -0.25) is 0 Å². The highest BCUT2D eigenvalue weighted by atomic mass is 15.2. The Bertz CT molecular complexity index is 179. The number of nitrogens with zero attached hydrogens (tertiary/aromatic N) is 3. The van der Waals surface area contributed by atoms with Gasteiger partial charge in [0.1, 0.15) is 0 Å². The lowest BCUT2D eigenvalue weighted by atomic mass is 10.1. The van der Waals surface area contributed by atoms with Crippen LogP contribution in [0.25, 0.3) is 10.4 Å². The van der Waals surface area contributed by atoms with Gasteiger partial charge >= 0.3 is 0 Å². The lowest BCUT2D eigenvalue weighted by Gasteiger charge is -2.04. The zero-order valence-corrected chi connectivity index (χ0v) is 6.05. The van der Waals surface area contributed by atoms with E-state index in [1.807, 2.05) is 6.92 Å². The Morgan fingerprint density at radius 3 is 2.00 bits per heavy atom. The van der Waals surface area contributed by atoms with Crippen LogP contribution < -0.4 is 0 Å². The summed E-state index contributed by atoms with van der Waals surface area (Å²) in [6, 6.07) is 0. The third-order valence-electron chi connectivity index (χ3n) is 2.38. The molecule has 0 radical (unpaired) electrons. The van der Waals surface area contributed by atoms with Crippen LogP contribution in [0.1, 0.15) is 27.2 Å². The van der Waals surface area contributed by atoms with Crippen LogP contribution in [0.5, 0.6) is 0 Å². The normalized spacial score (nSPS) is 37.2. The van der Waals surface area contributed by atoms with Crippen molar-refractivity contribution >= 4 is 0 Å². The van der Waals surface area contributed by atoms with E-state index >= 15 is 0 Å². The van der Waals surface area contributed by atoms with Gasteiger partial charge in [0, 0.05) is 4.91 Å². The summed E-state index contributed by atoms with van der Waals surface area (Å²) in [5.41, 5.74) is 8.27. The summed E-state index contributed by atoms with van der Waals surface area (Å²) in [6.07, 6.45) is 1.02. The van der Waals surface area contributed by atoms with Crippen LogP contribution in [-0.4, -0.2) is 5.54 Å². The molecule has 0 aromatic heterocycles. The monoisotopic (exact) mass is 125 g/mol. The molecule has 1 saturated carbocycles. The van der Waals surface area contributed by atoms with Gasteiger partial charge in [-0.05, 0) is 17.4 Å². The molecule has 1 aliphatic carbocycles. The molecule has 3 nitrogen and oxygen atoms in total. The summed E-state index contributed by atoms with van der Waals surface area (Å²) in [5.74, 6) is 0. The topological polar surface area (TPSA) is 48.8 Å². The van der Waals surface area contributed by atoms with Crippen LogP contribution in [-0.2, 0) is 0 Å². The molecule has 0 amide bonds. The molecule has 1 aliphatic rings. The molecule has 0 N–H and O–H groups in total. The summed E-state index contributed by atoms with van der Waals surface area (Å²) in [7, 11) is 0. The molecule has 0 aromatic rings. The summed E-state index contributed by atoms with van der Waals surface area (Å²) in [5, 5.41) is 3.70. The first kappa shape index (κ1) is 6.43. The maximum atomic E-state index is 8.13. The molecular formula is C6H11N3. The highest BCUT2D eigenvalue weighted by Gasteiger charge is 2.57. The highest BCUT2D eigenvalue weighted by molar-refractivity contribution is 5.14. The zero-order valence-electron chi connectivity index (χ0n) is 6.05. The number of hydrogen-bond acceptors (Lipinski definition) is 1. The van der Waals surface area contributed by atoms with Crippen LogP contribution in [0.15, 0.2) is 5.11 Å². The lowest BCUT2D eigenvalue weighted by Crippen LogP contribution is -2.05. The SMILES string of the molecule is CC1(C)C[C@]1(C)N=[N+]=[N-]. The average Bonchev–Trinajstić information content (AvgIpc) is 2.07. The molecule has 0 heterocycles. The standard InChI is InChI=1S/C6H11N3/c1-5(2)4-6(5,3)8-9-7/h4H2,1-3H3/t6-/m0/s1. The summed E-state index contributed by atoms with van der Waals surface area (Å²) < 4.78 is 0. The van der Waals surface area contributed by atoms with Crippen molar-refractivity contribution in [1.82, 2.24) is 0 Å². The van der Waals surface area contributed by atoms with E-state index in [0.29, 0.717) is 0 Å². The molecule has 50 valence electrons. The Kier molecular flexibility index (Phi) is 1.02. The Labute approximate surface area is 54.7 Å². The predicted octanol–water partition coefficient (Wildman–Crippen LogP) is 2.49. The maximum absolute atomic E-state index is 8.13. The van der Waals surface area contributed by atoms with Crippen LogP contribution in [0.3, 0.4) is 0 Å². The van der Waals surface area contributed by atoms with Gasteiger partial charge in [0.15, 0.2) is 0 Å². The highest BCUT2D eigenvalue weighted by Crippen LogP contribution is 2.58. The van der Waals surface area contributed by atoms with E-state index in [4.69, 9.17) is 5.53 Å². The maximum Gasteiger partial charge on any atom is 0.0516 e. The third-order valence-corrected chi connectivity index (χ3v) is 2.38. The van der Waals surface area contributed by atoms with E-state index in [1.165, 1.54) is 0 Å². The molecule has 0 aliphatic heterocycles. The minimum Gasteiger partial charge on any atom is -0.0870 e. The van der Waals surface area contributed by atoms with Gasteiger partial charge in [0.25, 0.3) is 0 Å². The van der Waals surface area contributed by atoms with Crippen molar-refractivity contribution in [3.8, 4) is 0 Å². The van der Waals surface area contributed by atoms with Crippen LogP contribution >= 0.6 is 0 Å². The van der Waals surface area contributed by atoms with E-state index in [0.717, 1.165) is 6.42 Å². The quantitative estimate of drug-likeness (QED) is 0.293. The second-order valence-electron chi connectivity index (χ2n) is 3.52. The molecule has 0 bridgehead atoms. The fraction of sp³-hybridized carbons (Fsp3) is 1.00. The van der Waals surface area contributed by atoms with Gasteiger partial charge in [-0.2, -0.15) is 0 Å². The first-order valence-electron chi connectivity index (χ1n) is 3.08. The number of azide groups is 1. The van der Waals surface area contributed by atoms with E-state index in [-0.39, 0.29) is 11.0 Å². The Morgan fingerprint density at radius 2 is 1.89 bits per heavy atom. The molecule has 1 fully saturated rings. The molecule has 0 unspecified atom stereocenters. The fourth-order valence-electron chi connectivity index (χ4n) is 1.09. The third kappa shape index (κ3) is 0.775. The van der Waals surface area contributed by atoms with E-state index < -0.39 is 0 Å². The van der Waals surface area contributed by atoms with Crippen molar-refractivity contribution in [2.24, 2.45) is 10.5 Å². The largest absolute Gasteiger partial charge is 0.0870 e. The second-order valence-corrected chi connectivity index (χ2v) is 3.52. The minimum atomic E-state index is -0.0955. The van der Waals surface area contributed by atoms with E-state index in [9.17, 15) is 0 Å². The molecule has 3 heteroatoms. The van der Waals surface area contributed by atoms with Crippen LogP contribution in [0.2, 0.25) is 0 Å². The Balaban J connectivity index is 2.73. The molecule has 0 aromatic carbocycles.